The standard InChI is InChI=1S/C25H26F2N4O2S/c26-25(27)7-5-24(6-8-25)13-19-11-18(14-28-22(19)30-23(24)33)1-2-21(32)31-9-3-17(4-10-31)12-20-15-34-16-29-20/h1-2,11-12,14-16H,3-10,13H2,(H,28,30,33). The molecule has 1 saturated heterocycles. The number of thiazole rings is 1. The molecule has 6 nitrogen and oxygen atoms in total. The molecule has 178 valence electrons. The molecular weight excluding hydrogens is 458 g/mol. The van der Waals surface area contributed by atoms with Gasteiger partial charge in [-0.2, -0.15) is 0 Å². The molecule has 0 unspecified atom stereocenters. The summed E-state index contributed by atoms with van der Waals surface area (Å²) in [5.41, 5.74) is 4.86. The number of rotatable bonds is 3. The first-order valence-corrected chi connectivity index (χ1v) is 12.5. The number of nitrogens with zero attached hydrogens (tertiary/aromatic N) is 3. The van der Waals surface area contributed by atoms with Crippen molar-refractivity contribution in [3.63, 3.8) is 0 Å². The van der Waals surface area contributed by atoms with Crippen molar-refractivity contribution < 1.29 is 18.4 Å². The second-order valence-electron chi connectivity index (χ2n) is 9.42. The number of nitrogens with one attached hydrogen (secondary N) is 1. The van der Waals surface area contributed by atoms with E-state index >= 15 is 0 Å². The van der Waals surface area contributed by atoms with Gasteiger partial charge in [-0.05, 0) is 61.4 Å². The second-order valence-corrected chi connectivity index (χ2v) is 10.1. The van der Waals surface area contributed by atoms with Crippen molar-refractivity contribution in [2.75, 3.05) is 18.4 Å². The third-order valence-corrected chi connectivity index (χ3v) is 7.71. The van der Waals surface area contributed by atoms with Gasteiger partial charge in [-0.15, -0.1) is 11.3 Å². The maximum atomic E-state index is 13.7. The molecule has 9 heteroatoms. The maximum Gasteiger partial charge on any atom is 0.248 e. The number of halogens is 2. The molecule has 2 aromatic heterocycles. The lowest BCUT2D eigenvalue weighted by molar-refractivity contribution is -0.134. The average Bonchev–Trinajstić information content (AvgIpc) is 3.34. The van der Waals surface area contributed by atoms with Gasteiger partial charge in [-0.1, -0.05) is 5.57 Å². The predicted octanol–water partition coefficient (Wildman–Crippen LogP) is 4.95. The topological polar surface area (TPSA) is 75.2 Å². The number of carbonyl (C=O) groups excluding carboxylic acids is 2. The Labute approximate surface area is 200 Å². The quantitative estimate of drug-likeness (QED) is 0.626. The third-order valence-electron chi connectivity index (χ3n) is 7.11. The van der Waals surface area contributed by atoms with E-state index in [1.165, 1.54) is 5.57 Å². The van der Waals surface area contributed by atoms with Crippen molar-refractivity contribution in [2.24, 2.45) is 5.41 Å². The Morgan fingerprint density at radius 2 is 1.91 bits per heavy atom. The Kier molecular flexibility index (Phi) is 6.06. The minimum Gasteiger partial charge on any atom is -0.339 e. The second kappa shape index (κ2) is 9.02. The third kappa shape index (κ3) is 4.80. The van der Waals surface area contributed by atoms with Crippen LogP contribution in [-0.2, 0) is 16.0 Å². The fraction of sp³-hybridized carbons (Fsp3) is 0.440. The number of aromatic nitrogens is 2. The number of likely N-dealkylation sites (tertiary alicyclic amines) is 1. The van der Waals surface area contributed by atoms with Crippen LogP contribution < -0.4 is 5.32 Å². The highest BCUT2D eigenvalue weighted by atomic mass is 32.1. The molecule has 2 amide bonds. The molecule has 1 saturated carbocycles. The van der Waals surface area contributed by atoms with Crippen LogP contribution >= 0.6 is 11.3 Å². The van der Waals surface area contributed by atoms with Crippen LogP contribution in [0.1, 0.15) is 55.3 Å². The Morgan fingerprint density at radius 1 is 1.15 bits per heavy atom. The normalized spacial score (nSPS) is 21.4. The summed E-state index contributed by atoms with van der Waals surface area (Å²) in [6.45, 7) is 1.33. The predicted molar refractivity (Wildman–Crippen MR) is 127 cm³/mol. The highest BCUT2D eigenvalue weighted by Gasteiger charge is 2.49. The van der Waals surface area contributed by atoms with Crippen LogP contribution in [0.2, 0.25) is 0 Å². The number of alkyl halides is 2. The lowest BCUT2D eigenvalue weighted by atomic mass is 9.67. The van der Waals surface area contributed by atoms with E-state index in [0.717, 1.165) is 29.7 Å². The smallest absolute Gasteiger partial charge is 0.248 e. The molecule has 2 aliphatic heterocycles. The molecule has 4 heterocycles. The molecule has 0 bridgehead atoms. The maximum absolute atomic E-state index is 13.7. The first kappa shape index (κ1) is 22.8. The molecule has 1 aliphatic carbocycles. The number of hydrogen-bond acceptors (Lipinski definition) is 5. The Hall–Kier alpha value is -2.94. The SMILES string of the molecule is O=C(C=Cc1cnc2c(c1)CC1(CCC(F)(F)CC1)C(=O)N2)N1CCC(=Cc2cscn2)CC1. The molecule has 2 aromatic rings. The molecule has 1 spiro atoms. The zero-order valence-electron chi connectivity index (χ0n) is 18.7. The molecule has 5 rings (SSSR count). The lowest BCUT2D eigenvalue weighted by Gasteiger charge is -2.41. The summed E-state index contributed by atoms with van der Waals surface area (Å²) in [6, 6.07) is 1.89. The van der Waals surface area contributed by atoms with Gasteiger partial charge in [0.15, 0.2) is 0 Å². The minimum absolute atomic E-state index is 0.0512. The van der Waals surface area contributed by atoms with Crippen molar-refractivity contribution in [3.05, 3.63) is 51.6 Å². The average molecular weight is 485 g/mol. The van der Waals surface area contributed by atoms with E-state index in [0.29, 0.717) is 25.3 Å². The first-order valence-electron chi connectivity index (χ1n) is 11.5. The van der Waals surface area contributed by atoms with Crippen LogP contribution in [-0.4, -0.2) is 45.7 Å². The lowest BCUT2D eigenvalue weighted by Crippen LogP contribution is -2.46. The summed E-state index contributed by atoms with van der Waals surface area (Å²) in [4.78, 5) is 35.8. The van der Waals surface area contributed by atoms with E-state index in [1.807, 2.05) is 21.9 Å². The van der Waals surface area contributed by atoms with Crippen LogP contribution in [0.25, 0.3) is 12.2 Å². The van der Waals surface area contributed by atoms with E-state index in [4.69, 9.17) is 0 Å². The molecule has 3 aliphatic rings. The van der Waals surface area contributed by atoms with Crippen molar-refractivity contribution in [2.45, 2.75) is 50.9 Å². The number of amides is 2. The zero-order chi connectivity index (χ0) is 23.8. The molecule has 34 heavy (non-hydrogen) atoms. The number of anilines is 1. The summed E-state index contributed by atoms with van der Waals surface area (Å²) in [6.07, 6.45) is 8.85. The van der Waals surface area contributed by atoms with E-state index in [-0.39, 0.29) is 37.5 Å². The molecule has 0 aromatic carbocycles. The summed E-state index contributed by atoms with van der Waals surface area (Å²) in [7, 11) is 0. The highest BCUT2D eigenvalue weighted by Crippen LogP contribution is 2.48. The first-order chi connectivity index (χ1) is 16.3. The van der Waals surface area contributed by atoms with Gasteiger partial charge in [-0.25, -0.2) is 18.7 Å². The van der Waals surface area contributed by atoms with E-state index in [1.54, 1.807) is 29.7 Å². The van der Waals surface area contributed by atoms with Gasteiger partial charge in [0, 0.05) is 43.6 Å². The number of fused-ring (bicyclic) bond motifs is 1. The molecule has 0 atom stereocenters. The number of carbonyl (C=O) groups is 2. The van der Waals surface area contributed by atoms with E-state index < -0.39 is 11.3 Å². The molecule has 0 radical (unpaired) electrons. The fourth-order valence-electron chi connectivity index (χ4n) is 4.98. The van der Waals surface area contributed by atoms with Crippen LogP contribution in [0, 0.1) is 5.41 Å². The fourth-order valence-corrected chi connectivity index (χ4v) is 5.50. The Balaban J connectivity index is 1.22. The van der Waals surface area contributed by atoms with Crippen molar-refractivity contribution in [3.8, 4) is 0 Å². The van der Waals surface area contributed by atoms with Gasteiger partial charge in [0.1, 0.15) is 5.82 Å². The van der Waals surface area contributed by atoms with E-state index in [2.05, 4.69) is 21.4 Å². The number of hydrogen-bond donors (Lipinski definition) is 1. The summed E-state index contributed by atoms with van der Waals surface area (Å²) in [5, 5.41) is 4.82. The number of piperidine rings is 1. The van der Waals surface area contributed by atoms with Crippen LogP contribution in [0.5, 0.6) is 0 Å². The summed E-state index contributed by atoms with van der Waals surface area (Å²) in [5.74, 6) is -2.48. The van der Waals surface area contributed by atoms with Crippen LogP contribution in [0.4, 0.5) is 14.6 Å². The van der Waals surface area contributed by atoms with Gasteiger partial charge in [0.2, 0.25) is 17.7 Å². The summed E-state index contributed by atoms with van der Waals surface area (Å²) >= 11 is 1.57. The Morgan fingerprint density at radius 3 is 2.62 bits per heavy atom. The Bertz CT molecular complexity index is 1140. The van der Waals surface area contributed by atoms with Crippen molar-refractivity contribution in [1.82, 2.24) is 14.9 Å². The molecule has 2 fully saturated rings. The monoisotopic (exact) mass is 484 g/mol. The molecular formula is C25H26F2N4O2S. The van der Waals surface area contributed by atoms with Gasteiger partial charge in [0.05, 0.1) is 16.6 Å². The van der Waals surface area contributed by atoms with Gasteiger partial charge >= 0.3 is 0 Å². The minimum atomic E-state index is -2.69. The van der Waals surface area contributed by atoms with Gasteiger partial charge in [0.25, 0.3) is 0 Å². The van der Waals surface area contributed by atoms with Crippen LogP contribution in [0.15, 0.2) is 34.8 Å². The largest absolute Gasteiger partial charge is 0.339 e. The summed E-state index contributed by atoms with van der Waals surface area (Å²) < 4.78 is 27.3. The zero-order valence-corrected chi connectivity index (χ0v) is 19.5. The highest BCUT2D eigenvalue weighted by molar-refractivity contribution is 7.07. The van der Waals surface area contributed by atoms with Gasteiger partial charge in [-0.3, -0.25) is 9.59 Å². The number of pyridine rings is 1. The van der Waals surface area contributed by atoms with Crippen LogP contribution in [0.3, 0.4) is 0 Å². The van der Waals surface area contributed by atoms with E-state index in [9.17, 15) is 18.4 Å². The molecule has 1 N–H and O–H groups in total. The van der Waals surface area contributed by atoms with Crippen molar-refractivity contribution in [1.29, 1.82) is 0 Å². The van der Waals surface area contributed by atoms with Gasteiger partial charge < -0.3 is 10.2 Å². The van der Waals surface area contributed by atoms with Crippen molar-refractivity contribution >= 4 is 41.1 Å².